The molecule has 1 saturated heterocycles. The first-order valence-electron chi connectivity index (χ1n) is 6.79. The van der Waals surface area contributed by atoms with Crippen LogP contribution in [0.2, 0.25) is 0 Å². The summed E-state index contributed by atoms with van der Waals surface area (Å²) in [7, 11) is 0.472. The van der Waals surface area contributed by atoms with Gasteiger partial charge in [-0.2, -0.15) is 4.31 Å². The summed E-state index contributed by atoms with van der Waals surface area (Å²) in [6.45, 7) is 2.97. The maximum atomic E-state index is 12.9. The van der Waals surface area contributed by atoms with Gasteiger partial charge in [0, 0.05) is 29.5 Å². The molecule has 0 saturated carbocycles. The fourth-order valence-corrected chi connectivity index (χ4v) is 5.24. The number of alkyl halides is 1. The highest BCUT2D eigenvalue weighted by molar-refractivity contribution is 9.10. The van der Waals surface area contributed by atoms with Gasteiger partial charge in [-0.25, -0.2) is 8.42 Å². The van der Waals surface area contributed by atoms with E-state index >= 15 is 0 Å². The molecule has 1 aromatic carbocycles. The maximum Gasteiger partial charge on any atom is 0.244 e. The number of likely N-dealkylation sites (N-methyl/N-ethyl adjacent to an activating group) is 1. The van der Waals surface area contributed by atoms with Crippen molar-refractivity contribution in [2.75, 3.05) is 27.2 Å². The average molecular weight is 396 g/mol. The van der Waals surface area contributed by atoms with Crippen molar-refractivity contribution >= 4 is 37.6 Å². The lowest BCUT2D eigenvalue weighted by atomic mass is 10.2. The van der Waals surface area contributed by atoms with E-state index in [0.29, 0.717) is 28.3 Å². The summed E-state index contributed by atoms with van der Waals surface area (Å²) >= 11 is 9.28. The maximum absolute atomic E-state index is 12.9. The Balaban J connectivity index is 2.39. The lowest BCUT2D eigenvalue weighted by Gasteiger charge is -2.21. The quantitative estimate of drug-likeness (QED) is 0.736. The van der Waals surface area contributed by atoms with Crippen molar-refractivity contribution in [1.29, 1.82) is 0 Å². The molecule has 2 rings (SSSR count). The first kappa shape index (κ1) is 17.2. The van der Waals surface area contributed by atoms with E-state index in [4.69, 9.17) is 11.6 Å². The number of aryl methyl sites for hydroxylation is 1. The van der Waals surface area contributed by atoms with Gasteiger partial charge in [-0.1, -0.05) is 6.07 Å². The van der Waals surface area contributed by atoms with Gasteiger partial charge in [0.05, 0.1) is 4.90 Å². The molecule has 0 aliphatic carbocycles. The van der Waals surface area contributed by atoms with Crippen molar-refractivity contribution in [3.05, 3.63) is 27.7 Å². The van der Waals surface area contributed by atoms with Gasteiger partial charge in [-0.3, -0.25) is 0 Å². The molecular weight excluding hydrogens is 376 g/mol. The lowest BCUT2D eigenvalue weighted by molar-refractivity contribution is 0.302. The Morgan fingerprint density at radius 2 is 2.10 bits per heavy atom. The Kier molecular flexibility index (Phi) is 5.36. The third-order valence-electron chi connectivity index (χ3n) is 3.91. The van der Waals surface area contributed by atoms with E-state index in [0.717, 1.165) is 17.5 Å². The van der Waals surface area contributed by atoms with Gasteiger partial charge >= 0.3 is 0 Å². The molecule has 0 N–H and O–H groups in total. The molecule has 1 aliphatic rings. The predicted octanol–water partition coefficient (Wildman–Crippen LogP) is 2.82. The molecule has 1 unspecified atom stereocenters. The minimum Gasteiger partial charge on any atom is -0.305 e. The fraction of sp³-hybridized carbons (Fsp3) is 0.571. The van der Waals surface area contributed by atoms with Gasteiger partial charge in [0.25, 0.3) is 0 Å². The van der Waals surface area contributed by atoms with Crippen LogP contribution in [0.5, 0.6) is 0 Å². The second-order valence-corrected chi connectivity index (χ2v) is 8.59. The Morgan fingerprint density at radius 3 is 2.62 bits per heavy atom. The normalized spacial score (nSPS) is 20.4. The van der Waals surface area contributed by atoms with Crippen molar-refractivity contribution in [1.82, 2.24) is 9.21 Å². The third-order valence-corrected chi connectivity index (χ3v) is 7.42. The average Bonchev–Trinajstić information content (AvgIpc) is 2.92. The molecule has 0 bridgehead atoms. The molecule has 118 valence electrons. The number of benzene rings is 1. The first-order chi connectivity index (χ1) is 9.77. The number of hydrogen-bond donors (Lipinski definition) is 0. The van der Waals surface area contributed by atoms with Crippen LogP contribution in [0, 0.1) is 6.92 Å². The van der Waals surface area contributed by atoms with Crippen LogP contribution >= 0.6 is 27.5 Å². The summed E-state index contributed by atoms with van der Waals surface area (Å²) in [5.41, 5.74) is 1.70. The highest BCUT2D eigenvalue weighted by atomic mass is 79.9. The van der Waals surface area contributed by atoms with Crippen LogP contribution in [-0.2, 0) is 15.9 Å². The molecule has 0 aromatic heterocycles. The molecule has 1 aliphatic heterocycles. The summed E-state index contributed by atoms with van der Waals surface area (Å²) < 4.78 is 28.0. The number of sulfonamides is 1. The van der Waals surface area contributed by atoms with Crippen LogP contribution in [0.25, 0.3) is 0 Å². The summed E-state index contributed by atoms with van der Waals surface area (Å²) in [6.07, 6.45) is 0.859. The molecule has 0 radical (unpaired) electrons. The second-order valence-electron chi connectivity index (χ2n) is 5.63. The van der Waals surface area contributed by atoms with Gasteiger partial charge in [0.1, 0.15) is 0 Å². The molecule has 1 fully saturated rings. The topological polar surface area (TPSA) is 40.6 Å². The molecule has 0 amide bonds. The first-order valence-corrected chi connectivity index (χ1v) is 9.55. The Morgan fingerprint density at radius 1 is 1.43 bits per heavy atom. The molecule has 4 nitrogen and oxygen atoms in total. The summed E-state index contributed by atoms with van der Waals surface area (Å²) in [5, 5.41) is 0. The zero-order valence-corrected chi connectivity index (χ0v) is 15.6. The number of hydrogen-bond acceptors (Lipinski definition) is 3. The largest absolute Gasteiger partial charge is 0.305 e. The lowest BCUT2D eigenvalue weighted by Crippen LogP contribution is -2.34. The van der Waals surface area contributed by atoms with Gasteiger partial charge < -0.3 is 4.90 Å². The fourth-order valence-electron chi connectivity index (χ4n) is 2.56. The van der Waals surface area contributed by atoms with Crippen LogP contribution in [0.3, 0.4) is 0 Å². The monoisotopic (exact) mass is 394 g/mol. The van der Waals surface area contributed by atoms with E-state index < -0.39 is 10.0 Å². The highest BCUT2D eigenvalue weighted by Crippen LogP contribution is 2.32. The smallest absolute Gasteiger partial charge is 0.244 e. The van der Waals surface area contributed by atoms with Crippen LogP contribution in [0.1, 0.15) is 17.5 Å². The Labute approximate surface area is 140 Å². The van der Waals surface area contributed by atoms with E-state index in [1.165, 1.54) is 0 Å². The Bertz CT molecular complexity index is 634. The molecule has 1 aromatic rings. The van der Waals surface area contributed by atoms with E-state index in [9.17, 15) is 8.42 Å². The third kappa shape index (κ3) is 3.45. The zero-order valence-electron chi connectivity index (χ0n) is 12.4. The number of halogens is 2. The predicted molar refractivity (Wildman–Crippen MR) is 89.3 cm³/mol. The van der Waals surface area contributed by atoms with E-state index in [2.05, 4.69) is 20.8 Å². The number of nitrogens with zero attached hydrogens (tertiary/aromatic N) is 2. The van der Waals surface area contributed by atoms with Crippen molar-refractivity contribution in [2.24, 2.45) is 0 Å². The van der Waals surface area contributed by atoms with Crippen LogP contribution in [0.15, 0.2) is 21.5 Å². The standard InChI is InChI=1S/C14H20BrClN2O2S/c1-10-6-11(8-16)7-13(14(10)15)21(19,20)18-5-4-12(9-18)17(2)3/h6-7,12H,4-5,8-9H2,1-3H3. The van der Waals surface area contributed by atoms with Crippen molar-refractivity contribution < 1.29 is 8.42 Å². The van der Waals surface area contributed by atoms with Gasteiger partial charge in [0.15, 0.2) is 0 Å². The van der Waals surface area contributed by atoms with E-state index in [1.807, 2.05) is 27.1 Å². The summed E-state index contributed by atoms with van der Waals surface area (Å²) in [5.74, 6) is 0.303. The van der Waals surface area contributed by atoms with Crippen molar-refractivity contribution in [3.8, 4) is 0 Å². The van der Waals surface area contributed by atoms with Gasteiger partial charge in [-0.05, 0) is 60.6 Å². The second kappa shape index (κ2) is 6.54. The highest BCUT2D eigenvalue weighted by Gasteiger charge is 2.34. The van der Waals surface area contributed by atoms with Crippen LogP contribution < -0.4 is 0 Å². The molecule has 1 heterocycles. The van der Waals surface area contributed by atoms with Crippen LogP contribution in [-0.4, -0.2) is 50.8 Å². The minimum absolute atomic E-state index is 0.274. The van der Waals surface area contributed by atoms with Gasteiger partial charge in [-0.15, -0.1) is 11.6 Å². The van der Waals surface area contributed by atoms with E-state index in [-0.39, 0.29) is 6.04 Å². The zero-order chi connectivity index (χ0) is 15.8. The summed E-state index contributed by atoms with van der Waals surface area (Å²) in [4.78, 5) is 2.39. The molecule has 1 atom stereocenters. The van der Waals surface area contributed by atoms with Gasteiger partial charge in [0.2, 0.25) is 10.0 Å². The van der Waals surface area contributed by atoms with Crippen LogP contribution in [0.4, 0.5) is 0 Å². The minimum atomic E-state index is -3.49. The van der Waals surface area contributed by atoms with E-state index in [1.54, 1.807) is 10.4 Å². The molecule has 7 heteroatoms. The number of rotatable bonds is 4. The molecule has 21 heavy (non-hydrogen) atoms. The molecular formula is C14H20BrClN2O2S. The van der Waals surface area contributed by atoms with Crippen molar-refractivity contribution in [3.63, 3.8) is 0 Å². The van der Waals surface area contributed by atoms with Crippen molar-refractivity contribution in [2.45, 2.75) is 30.2 Å². The Hall–Kier alpha value is -0.140. The summed E-state index contributed by atoms with van der Waals surface area (Å²) in [6, 6.07) is 3.85. The molecule has 0 spiro atoms. The SMILES string of the molecule is Cc1cc(CCl)cc(S(=O)(=O)N2CCC(N(C)C)C2)c1Br.